The number of hydrogen-bond donors (Lipinski definition) is 0. The molecule has 2 rings (SSSR count). The maximum atomic E-state index is 13.0. The van der Waals surface area contributed by atoms with Gasteiger partial charge in [0.1, 0.15) is 23.1 Å². The zero-order valence-electron chi connectivity index (χ0n) is 8.38. The molecule has 1 nitrogen and oxygen atoms in total. The van der Waals surface area contributed by atoms with Crippen molar-refractivity contribution in [1.29, 1.82) is 0 Å². The van der Waals surface area contributed by atoms with Crippen LogP contribution >= 0.6 is 45.2 Å². The van der Waals surface area contributed by atoms with Gasteiger partial charge in [0.05, 0.1) is 7.14 Å². The van der Waals surface area contributed by atoms with Crippen molar-refractivity contribution in [2.45, 2.75) is 0 Å². The fraction of sp³-hybridized carbons (Fsp3) is 0. The molecule has 0 aliphatic rings. The SMILES string of the molecule is Fc1ccc(Oc2ccc(F)c(I)c2)cc1I. The average molecular weight is 458 g/mol. The van der Waals surface area contributed by atoms with Gasteiger partial charge < -0.3 is 4.74 Å². The molecular formula is C12H6F2I2O. The standard InChI is InChI=1S/C12H6F2I2O/c13-9-3-1-7(5-11(9)15)17-8-2-4-10(14)12(16)6-8/h1-6H. The lowest BCUT2D eigenvalue weighted by Gasteiger charge is -2.07. The molecule has 17 heavy (non-hydrogen) atoms. The highest BCUT2D eigenvalue weighted by Gasteiger charge is 2.04. The van der Waals surface area contributed by atoms with Crippen LogP contribution in [0.5, 0.6) is 11.5 Å². The van der Waals surface area contributed by atoms with E-state index < -0.39 is 0 Å². The van der Waals surface area contributed by atoms with Gasteiger partial charge in [0.2, 0.25) is 0 Å². The highest BCUT2D eigenvalue weighted by atomic mass is 127. The second-order valence-electron chi connectivity index (χ2n) is 3.25. The van der Waals surface area contributed by atoms with Crippen molar-refractivity contribution in [3.63, 3.8) is 0 Å². The first kappa shape index (κ1) is 13.0. The molecular weight excluding hydrogens is 452 g/mol. The van der Waals surface area contributed by atoms with Gasteiger partial charge in [-0.2, -0.15) is 0 Å². The summed E-state index contributed by atoms with van der Waals surface area (Å²) in [5, 5.41) is 0. The zero-order valence-corrected chi connectivity index (χ0v) is 12.7. The van der Waals surface area contributed by atoms with Crippen LogP contribution in [0, 0.1) is 18.8 Å². The Hall–Kier alpha value is -0.440. The van der Waals surface area contributed by atoms with Crippen molar-refractivity contribution in [2.24, 2.45) is 0 Å². The summed E-state index contributed by atoms with van der Waals surface area (Å²) < 4.78 is 32.6. The van der Waals surface area contributed by atoms with E-state index in [4.69, 9.17) is 4.74 Å². The van der Waals surface area contributed by atoms with Gasteiger partial charge in [-0.1, -0.05) is 0 Å². The van der Waals surface area contributed by atoms with E-state index >= 15 is 0 Å². The number of ether oxygens (including phenoxy) is 1. The molecule has 0 saturated carbocycles. The molecule has 0 aliphatic heterocycles. The Morgan fingerprint density at radius 1 is 0.765 bits per heavy atom. The van der Waals surface area contributed by atoms with E-state index in [1.165, 1.54) is 24.3 Å². The Bertz CT molecular complexity index is 509. The number of rotatable bonds is 2. The largest absolute Gasteiger partial charge is 0.457 e. The van der Waals surface area contributed by atoms with Crippen LogP contribution in [0.3, 0.4) is 0 Å². The summed E-state index contributed by atoms with van der Waals surface area (Å²) in [6, 6.07) is 8.93. The van der Waals surface area contributed by atoms with Crippen LogP contribution in [0.15, 0.2) is 36.4 Å². The van der Waals surface area contributed by atoms with Gasteiger partial charge in [-0.05, 0) is 81.6 Å². The third-order valence-electron chi connectivity index (χ3n) is 2.02. The summed E-state index contributed by atoms with van der Waals surface area (Å²) >= 11 is 3.78. The molecule has 2 aromatic rings. The Labute approximate surface area is 124 Å². The highest BCUT2D eigenvalue weighted by Crippen LogP contribution is 2.26. The van der Waals surface area contributed by atoms with Crippen LogP contribution in [0.2, 0.25) is 0 Å². The summed E-state index contributed by atoms with van der Waals surface area (Å²) in [4.78, 5) is 0. The Kier molecular flexibility index (Phi) is 4.18. The lowest BCUT2D eigenvalue weighted by atomic mass is 10.3. The lowest BCUT2D eigenvalue weighted by Crippen LogP contribution is -1.89. The maximum Gasteiger partial charge on any atom is 0.136 e. The predicted octanol–water partition coefficient (Wildman–Crippen LogP) is 4.97. The average Bonchev–Trinajstić information content (AvgIpc) is 2.29. The monoisotopic (exact) mass is 458 g/mol. The summed E-state index contributed by atoms with van der Waals surface area (Å²) in [7, 11) is 0. The minimum absolute atomic E-state index is 0.286. The summed E-state index contributed by atoms with van der Waals surface area (Å²) in [6.45, 7) is 0. The molecule has 88 valence electrons. The lowest BCUT2D eigenvalue weighted by molar-refractivity contribution is 0.477. The molecule has 0 heterocycles. The number of hydrogen-bond acceptors (Lipinski definition) is 1. The summed E-state index contributed by atoms with van der Waals surface area (Å²) in [5.74, 6) is 0.481. The van der Waals surface area contributed by atoms with Crippen molar-refractivity contribution in [1.82, 2.24) is 0 Å². The van der Waals surface area contributed by atoms with Gasteiger partial charge in [0.15, 0.2) is 0 Å². The van der Waals surface area contributed by atoms with E-state index in [0.29, 0.717) is 18.6 Å². The second kappa shape index (κ2) is 5.47. The van der Waals surface area contributed by atoms with Gasteiger partial charge in [0, 0.05) is 0 Å². The molecule has 0 unspecified atom stereocenters. The molecule has 5 heteroatoms. The second-order valence-corrected chi connectivity index (χ2v) is 5.58. The van der Waals surface area contributed by atoms with E-state index in [2.05, 4.69) is 0 Å². The molecule has 0 aromatic heterocycles. The van der Waals surface area contributed by atoms with Gasteiger partial charge in [-0.15, -0.1) is 0 Å². The Morgan fingerprint density at radius 2 is 1.18 bits per heavy atom. The third-order valence-corrected chi connectivity index (χ3v) is 3.67. The van der Waals surface area contributed by atoms with Crippen molar-refractivity contribution in [3.8, 4) is 11.5 Å². The first-order chi connectivity index (χ1) is 8.06. The van der Waals surface area contributed by atoms with Gasteiger partial charge in [-0.25, -0.2) is 8.78 Å². The van der Waals surface area contributed by atoms with Crippen molar-refractivity contribution in [2.75, 3.05) is 0 Å². The molecule has 0 N–H and O–H groups in total. The Balaban J connectivity index is 2.25. The van der Waals surface area contributed by atoms with E-state index in [1.54, 1.807) is 12.1 Å². The van der Waals surface area contributed by atoms with Crippen LogP contribution in [-0.2, 0) is 0 Å². The van der Waals surface area contributed by atoms with Gasteiger partial charge in [0.25, 0.3) is 0 Å². The smallest absolute Gasteiger partial charge is 0.136 e. The van der Waals surface area contributed by atoms with E-state index in [0.717, 1.165) is 0 Å². The molecule has 0 radical (unpaired) electrons. The zero-order chi connectivity index (χ0) is 12.4. The topological polar surface area (TPSA) is 9.23 Å². The summed E-state index contributed by atoms with van der Waals surface area (Å²) in [5.41, 5.74) is 0. The van der Waals surface area contributed by atoms with Crippen LogP contribution < -0.4 is 4.74 Å². The number of benzene rings is 2. The van der Waals surface area contributed by atoms with Crippen LogP contribution in [-0.4, -0.2) is 0 Å². The fourth-order valence-electron chi connectivity index (χ4n) is 1.22. The van der Waals surface area contributed by atoms with Crippen molar-refractivity contribution >= 4 is 45.2 Å². The first-order valence-electron chi connectivity index (χ1n) is 4.64. The minimum atomic E-state index is -0.286. The molecule has 0 fully saturated rings. The quantitative estimate of drug-likeness (QED) is 0.579. The van der Waals surface area contributed by atoms with E-state index in [1.807, 2.05) is 45.2 Å². The predicted molar refractivity (Wildman–Crippen MR) is 78.3 cm³/mol. The minimum Gasteiger partial charge on any atom is -0.457 e. The van der Waals surface area contributed by atoms with Crippen LogP contribution in [0.4, 0.5) is 8.78 Å². The van der Waals surface area contributed by atoms with E-state index in [-0.39, 0.29) is 11.6 Å². The van der Waals surface area contributed by atoms with Crippen molar-refractivity contribution < 1.29 is 13.5 Å². The Morgan fingerprint density at radius 3 is 1.53 bits per heavy atom. The van der Waals surface area contributed by atoms with Crippen LogP contribution in [0.1, 0.15) is 0 Å². The molecule has 0 aliphatic carbocycles. The number of halogens is 4. The molecule has 2 aromatic carbocycles. The van der Waals surface area contributed by atoms with Crippen molar-refractivity contribution in [3.05, 3.63) is 55.2 Å². The van der Waals surface area contributed by atoms with Gasteiger partial charge >= 0.3 is 0 Å². The maximum absolute atomic E-state index is 13.0. The van der Waals surface area contributed by atoms with E-state index in [9.17, 15) is 8.78 Å². The first-order valence-corrected chi connectivity index (χ1v) is 6.80. The molecule has 0 bridgehead atoms. The summed E-state index contributed by atoms with van der Waals surface area (Å²) in [6.07, 6.45) is 0. The van der Waals surface area contributed by atoms with Crippen LogP contribution in [0.25, 0.3) is 0 Å². The molecule has 0 atom stereocenters. The normalized spacial score (nSPS) is 10.4. The highest BCUT2D eigenvalue weighted by molar-refractivity contribution is 14.1. The molecule has 0 spiro atoms. The third kappa shape index (κ3) is 3.27. The molecule has 0 amide bonds. The fourth-order valence-corrected chi connectivity index (χ4v) is 2.19. The van der Waals surface area contributed by atoms with Gasteiger partial charge in [-0.3, -0.25) is 0 Å². The molecule has 0 saturated heterocycles.